The molecular formula is C11H15N7. The average molecular weight is 245 g/mol. The van der Waals surface area contributed by atoms with Crippen LogP contribution in [0.1, 0.15) is 5.56 Å². The maximum absolute atomic E-state index is 4.29. The fourth-order valence-corrected chi connectivity index (χ4v) is 1.99. The van der Waals surface area contributed by atoms with E-state index in [4.69, 9.17) is 0 Å². The number of nitrogens with zero attached hydrogens (tertiary/aromatic N) is 6. The summed E-state index contributed by atoms with van der Waals surface area (Å²) in [6, 6.07) is 0. The minimum Gasteiger partial charge on any atom is -0.314 e. The Morgan fingerprint density at radius 2 is 1.94 bits per heavy atom. The lowest BCUT2D eigenvalue weighted by Crippen LogP contribution is -2.42. The van der Waals surface area contributed by atoms with Gasteiger partial charge in [-0.05, 0) is 0 Å². The first-order valence-corrected chi connectivity index (χ1v) is 6.01. The van der Waals surface area contributed by atoms with Crippen LogP contribution in [-0.4, -0.2) is 55.8 Å². The molecule has 3 heterocycles. The van der Waals surface area contributed by atoms with Crippen LogP contribution in [0.15, 0.2) is 25.0 Å². The molecule has 94 valence electrons. The number of piperazine rings is 1. The van der Waals surface area contributed by atoms with Crippen molar-refractivity contribution in [3.05, 3.63) is 30.6 Å². The van der Waals surface area contributed by atoms with Crippen LogP contribution in [0.2, 0.25) is 0 Å². The quantitative estimate of drug-likeness (QED) is 0.783. The summed E-state index contributed by atoms with van der Waals surface area (Å²) < 4.78 is 1.55. The Morgan fingerprint density at radius 3 is 2.61 bits per heavy atom. The third kappa shape index (κ3) is 2.52. The van der Waals surface area contributed by atoms with Crippen LogP contribution in [-0.2, 0) is 6.54 Å². The molecular weight excluding hydrogens is 230 g/mol. The number of rotatable bonds is 3. The van der Waals surface area contributed by atoms with Crippen LogP contribution in [0.25, 0.3) is 5.95 Å². The van der Waals surface area contributed by atoms with Gasteiger partial charge < -0.3 is 5.32 Å². The van der Waals surface area contributed by atoms with E-state index in [1.807, 2.05) is 12.4 Å². The van der Waals surface area contributed by atoms with Crippen LogP contribution in [0.3, 0.4) is 0 Å². The molecule has 1 N–H and O–H groups in total. The zero-order valence-electron chi connectivity index (χ0n) is 10.0. The summed E-state index contributed by atoms with van der Waals surface area (Å²) in [6.07, 6.45) is 6.77. The Bertz CT molecular complexity index is 473. The topological polar surface area (TPSA) is 71.8 Å². The third-order valence-corrected chi connectivity index (χ3v) is 2.93. The fraction of sp³-hybridized carbons (Fsp3) is 0.455. The lowest BCUT2D eigenvalue weighted by molar-refractivity contribution is 0.232. The second-order valence-corrected chi connectivity index (χ2v) is 4.26. The smallest absolute Gasteiger partial charge is 0.251 e. The Kier molecular flexibility index (Phi) is 3.24. The standard InChI is InChI=1S/C11H15N7/c1-3-17(4-2-12-1)7-10-5-14-11(15-6-10)18-9-13-8-16-18/h5-6,8-9,12H,1-4,7H2. The minimum atomic E-state index is 0.552. The highest BCUT2D eigenvalue weighted by atomic mass is 15.4. The second-order valence-electron chi connectivity index (χ2n) is 4.26. The average Bonchev–Trinajstić information content (AvgIpc) is 2.95. The fourth-order valence-electron chi connectivity index (χ4n) is 1.99. The van der Waals surface area contributed by atoms with Gasteiger partial charge in [-0.1, -0.05) is 0 Å². The van der Waals surface area contributed by atoms with E-state index in [1.54, 1.807) is 11.0 Å². The molecule has 0 amide bonds. The molecule has 0 atom stereocenters. The summed E-state index contributed by atoms with van der Waals surface area (Å²) in [6.45, 7) is 5.16. The molecule has 1 aliphatic rings. The highest BCUT2D eigenvalue weighted by molar-refractivity contribution is 5.12. The molecule has 1 fully saturated rings. The van der Waals surface area contributed by atoms with E-state index in [0.717, 1.165) is 38.3 Å². The Balaban J connectivity index is 1.67. The highest BCUT2D eigenvalue weighted by Gasteiger charge is 2.10. The van der Waals surface area contributed by atoms with Gasteiger partial charge in [-0.3, -0.25) is 4.90 Å². The number of hydrogen-bond donors (Lipinski definition) is 1. The van der Waals surface area contributed by atoms with Crippen molar-refractivity contribution in [2.75, 3.05) is 26.2 Å². The maximum atomic E-state index is 4.29. The first-order valence-electron chi connectivity index (χ1n) is 6.01. The number of aromatic nitrogens is 5. The number of nitrogens with one attached hydrogen (secondary N) is 1. The molecule has 7 heteroatoms. The first-order chi connectivity index (χ1) is 8.92. The Labute approximate surface area is 105 Å². The highest BCUT2D eigenvalue weighted by Crippen LogP contribution is 2.04. The van der Waals surface area contributed by atoms with Gasteiger partial charge in [0.15, 0.2) is 0 Å². The third-order valence-electron chi connectivity index (χ3n) is 2.93. The Morgan fingerprint density at radius 1 is 1.17 bits per heavy atom. The summed E-state index contributed by atoms with van der Waals surface area (Å²) in [4.78, 5) is 14.9. The van der Waals surface area contributed by atoms with Crippen molar-refractivity contribution in [1.29, 1.82) is 0 Å². The van der Waals surface area contributed by atoms with Crippen LogP contribution in [0.5, 0.6) is 0 Å². The predicted molar refractivity (Wildman–Crippen MR) is 65.1 cm³/mol. The molecule has 3 rings (SSSR count). The van der Waals surface area contributed by atoms with E-state index in [-0.39, 0.29) is 0 Å². The van der Waals surface area contributed by atoms with Crippen molar-refractivity contribution in [2.24, 2.45) is 0 Å². The van der Waals surface area contributed by atoms with Gasteiger partial charge in [-0.25, -0.2) is 15.0 Å². The summed E-state index contributed by atoms with van der Waals surface area (Å²) >= 11 is 0. The second kappa shape index (κ2) is 5.19. The van der Waals surface area contributed by atoms with Crippen molar-refractivity contribution in [3.63, 3.8) is 0 Å². The van der Waals surface area contributed by atoms with Crippen molar-refractivity contribution in [1.82, 2.24) is 34.9 Å². The molecule has 1 aliphatic heterocycles. The predicted octanol–water partition coefficient (Wildman–Crippen LogP) is -0.537. The minimum absolute atomic E-state index is 0.552. The van der Waals surface area contributed by atoms with Gasteiger partial charge >= 0.3 is 0 Å². The summed E-state index contributed by atoms with van der Waals surface area (Å²) in [7, 11) is 0. The van der Waals surface area contributed by atoms with Crippen molar-refractivity contribution in [2.45, 2.75) is 6.54 Å². The van der Waals surface area contributed by atoms with Crippen molar-refractivity contribution < 1.29 is 0 Å². The molecule has 2 aromatic heterocycles. The summed E-state index contributed by atoms with van der Waals surface area (Å²) in [5.41, 5.74) is 1.13. The molecule has 0 aliphatic carbocycles. The largest absolute Gasteiger partial charge is 0.314 e. The summed E-state index contributed by atoms with van der Waals surface area (Å²) in [5, 5.41) is 7.33. The molecule has 0 spiro atoms. The van der Waals surface area contributed by atoms with E-state index in [9.17, 15) is 0 Å². The number of hydrogen-bond acceptors (Lipinski definition) is 6. The van der Waals surface area contributed by atoms with Crippen molar-refractivity contribution >= 4 is 0 Å². The van der Waals surface area contributed by atoms with Crippen LogP contribution in [0, 0.1) is 0 Å². The van der Waals surface area contributed by atoms with E-state index in [2.05, 4.69) is 30.3 Å². The molecule has 0 radical (unpaired) electrons. The van der Waals surface area contributed by atoms with Crippen molar-refractivity contribution in [3.8, 4) is 5.95 Å². The van der Waals surface area contributed by atoms with Gasteiger partial charge in [-0.15, -0.1) is 0 Å². The van der Waals surface area contributed by atoms with Gasteiger partial charge in [0.2, 0.25) is 0 Å². The molecule has 7 nitrogen and oxygen atoms in total. The zero-order chi connectivity index (χ0) is 12.2. The molecule has 0 unspecified atom stereocenters. The first kappa shape index (κ1) is 11.2. The van der Waals surface area contributed by atoms with Crippen LogP contribution < -0.4 is 5.32 Å². The van der Waals surface area contributed by atoms with Gasteiger partial charge in [-0.2, -0.15) is 9.78 Å². The van der Waals surface area contributed by atoms with Gasteiger partial charge in [0.05, 0.1) is 0 Å². The van der Waals surface area contributed by atoms with Crippen LogP contribution in [0.4, 0.5) is 0 Å². The van der Waals surface area contributed by atoms with Crippen LogP contribution >= 0.6 is 0 Å². The lowest BCUT2D eigenvalue weighted by atomic mass is 10.3. The molecule has 0 saturated carbocycles. The monoisotopic (exact) mass is 245 g/mol. The van der Waals surface area contributed by atoms with Gasteiger partial charge in [0, 0.05) is 50.7 Å². The normalized spacial score (nSPS) is 16.9. The van der Waals surface area contributed by atoms with Gasteiger partial charge in [0.25, 0.3) is 5.95 Å². The summed E-state index contributed by atoms with van der Waals surface area (Å²) in [5.74, 6) is 0.552. The molecule has 18 heavy (non-hydrogen) atoms. The van der Waals surface area contributed by atoms with E-state index in [1.165, 1.54) is 6.33 Å². The zero-order valence-corrected chi connectivity index (χ0v) is 10.0. The molecule has 2 aromatic rings. The SMILES string of the molecule is c1ncn(-c2ncc(CN3CCNCC3)cn2)n1. The van der Waals surface area contributed by atoms with E-state index < -0.39 is 0 Å². The van der Waals surface area contributed by atoms with Gasteiger partial charge in [0.1, 0.15) is 12.7 Å². The molecule has 0 bridgehead atoms. The lowest BCUT2D eigenvalue weighted by Gasteiger charge is -2.26. The molecule has 1 saturated heterocycles. The molecule has 0 aromatic carbocycles. The van der Waals surface area contributed by atoms with E-state index in [0.29, 0.717) is 5.95 Å². The Hall–Kier alpha value is -1.86. The van der Waals surface area contributed by atoms with E-state index >= 15 is 0 Å². The maximum Gasteiger partial charge on any atom is 0.251 e.